The minimum Gasteiger partial charge on any atom is -0.496 e. The summed E-state index contributed by atoms with van der Waals surface area (Å²) in [4.78, 5) is 3.41. The summed E-state index contributed by atoms with van der Waals surface area (Å²) < 4.78 is 5.61. The molecule has 1 aromatic heterocycles. The molecular weight excluding hydrogens is 366 g/mol. The Bertz CT molecular complexity index is 1390. The van der Waals surface area contributed by atoms with E-state index in [0.29, 0.717) is 0 Å². The second kappa shape index (κ2) is 7.81. The first kappa shape index (κ1) is 18.1. The van der Waals surface area contributed by atoms with Crippen molar-refractivity contribution in [2.24, 2.45) is 0 Å². The van der Waals surface area contributed by atoms with Gasteiger partial charge >= 0.3 is 0 Å². The Morgan fingerprint density at radius 1 is 0.700 bits per heavy atom. The van der Waals surface area contributed by atoms with Gasteiger partial charge in [-0.3, -0.25) is 0 Å². The molecule has 0 spiro atoms. The van der Waals surface area contributed by atoms with Gasteiger partial charge in [0.05, 0.1) is 13.0 Å². The molecule has 1 unspecified atom stereocenters. The summed E-state index contributed by atoms with van der Waals surface area (Å²) in [5, 5.41) is 3.46. The zero-order valence-electron chi connectivity index (χ0n) is 16.7. The third-order valence-electron chi connectivity index (χ3n) is 5.52. The lowest BCUT2D eigenvalue weighted by atomic mass is 9.87. The molecule has 1 N–H and O–H groups in total. The van der Waals surface area contributed by atoms with Crippen LogP contribution in [0.1, 0.15) is 22.6 Å². The lowest BCUT2D eigenvalue weighted by molar-refractivity contribution is 0.419. The predicted molar refractivity (Wildman–Crippen MR) is 124 cm³/mol. The fourth-order valence-corrected chi connectivity index (χ4v) is 4.06. The molecule has 1 atom stereocenters. The average molecular weight is 387 g/mol. The number of H-pyrrole nitrogens is 1. The van der Waals surface area contributed by atoms with Gasteiger partial charge in [-0.15, -0.1) is 0 Å². The summed E-state index contributed by atoms with van der Waals surface area (Å²) in [5.41, 5.74) is 4.50. The Hall–Kier alpha value is -3.96. The van der Waals surface area contributed by atoms with Gasteiger partial charge in [-0.25, -0.2) is 0 Å². The van der Waals surface area contributed by atoms with Crippen LogP contribution in [-0.2, 0) is 0 Å². The Morgan fingerprint density at radius 3 is 2.20 bits per heavy atom. The number of hydrogen-bond donors (Lipinski definition) is 1. The van der Waals surface area contributed by atoms with Gasteiger partial charge < -0.3 is 9.72 Å². The van der Waals surface area contributed by atoms with Crippen molar-refractivity contribution in [2.45, 2.75) is 5.92 Å². The number of fused-ring (bicyclic) bond motifs is 2. The number of benzene rings is 4. The average Bonchev–Trinajstić information content (AvgIpc) is 3.24. The van der Waals surface area contributed by atoms with E-state index in [1.54, 1.807) is 7.11 Å². The lowest BCUT2D eigenvalue weighted by Gasteiger charge is -2.16. The second-order valence-electron chi connectivity index (χ2n) is 7.26. The lowest BCUT2D eigenvalue weighted by Crippen LogP contribution is -2.00. The van der Waals surface area contributed by atoms with Crippen molar-refractivity contribution in [1.82, 2.24) is 4.98 Å². The summed E-state index contributed by atoms with van der Waals surface area (Å²) >= 11 is 0. The van der Waals surface area contributed by atoms with Gasteiger partial charge in [-0.05, 0) is 40.8 Å². The van der Waals surface area contributed by atoms with Gasteiger partial charge in [-0.2, -0.15) is 0 Å². The van der Waals surface area contributed by atoms with Gasteiger partial charge in [0.15, 0.2) is 0 Å². The highest BCUT2D eigenvalue weighted by Crippen LogP contribution is 2.37. The van der Waals surface area contributed by atoms with Gasteiger partial charge in [0.1, 0.15) is 5.75 Å². The van der Waals surface area contributed by atoms with Gasteiger partial charge in [0.25, 0.3) is 0 Å². The molecule has 0 amide bonds. The van der Waals surface area contributed by atoms with Crippen LogP contribution in [0.15, 0.2) is 97.2 Å². The Morgan fingerprint density at radius 2 is 1.40 bits per heavy atom. The highest BCUT2D eigenvalue weighted by molar-refractivity contribution is 5.93. The van der Waals surface area contributed by atoms with Crippen molar-refractivity contribution < 1.29 is 4.74 Å². The number of ether oxygens (including phenoxy) is 1. The molecular formula is C28H21NO. The normalized spacial score (nSPS) is 11.8. The molecule has 4 aromatic carbocycles. The molecule has 144 valence electrons. The van der Waals surface area contributed by atoms with E-state index in [1.165, 1.54) is 16.5 Å². The predicted octanol–water partition coefficient (Wildman–Crippen LogP) is 6.51. The highest BCUT2D eigenvalue weighted by atomic mass is 16.5. The molecule has 5 aromatic rings. The minimum atomic E-state index is -0.0721. The summed E-state index contributed by atoms with van der Waals surface area (Å²) in [5.74, 6) is 7.77. The molecule has 2 heteroatoms. The summed E-state index contributed by atoms with van der Waals surface area (Å²) in [7, 11) is 1.72. The van der Waals surface area contributed by atoms with E-state index >= 15 is 0 Å². The van der Waals surface area contributed by atoms with E-state index in [4.69, 9.17) is 4.74 Å². The van der Waals surface area contributed by atoms with Crippen molar-refractivity contribution >= 4 is 21.7 Å². The molecule has 0 saturated carbocycles. The number of aromatic amines is 1. The monoisotopic (exact) mass is 387 g/mol. The maximum absolute atomic E-state index is 5.61. The van der Waals surface area contributed by atoms with Crippen molar-refractivity contribution in [2.75, 3.05) is 7.11 Å². The standard InChI is InChI=1S/C28H21NO/c1-30-28-18-17-22(21-11-5-6-13-25(21)28)23(16-15-20-9-3-2-4-10-20)26-19-29-27-14-8-7-12-24(26)27/h2-14,17-19,23,29H,1H3. The van der Waals surface area contributed by atoms with Crippen LogP contribution in [0.3, 0.4) is 0 Å². The zero-order chi connectivity index (χ0) is 20.3. The number of nitrogens with one attached hydrogen (secondary N) is 1. The molecule has 0 aliphatic carbocycles. The molecule has 5 rings (SSSR count). The number of rotatable bonds is 3. The molecule has 0 bridgehead atoms. The Balaban J connectivity index is 1.76. The molecule has 0 radical (unpaired) electrons. The fraction of sp³-hybridized carbons (Fsp3) is 0.0714. The van der Waals surface area contributed by atoms with Gasteiger partial charge in [0, 0.05) is 28.0 Å². The third-order valence-corrected chi connectivity index (χ3v) is 5.52. The molecule has 0 saturated heterocycles. The quantitative estimate of drug-likeness (QED) is 0.351. The first-order valence-corrected chi connectivity index (χ1v) is 10.0. The Labute approximate surface area is 176 Å². The maximum Gasteiger partial charge on any atom is 0.126 e. The number of para-hydroxylation sites is 1. The molecule has 30 heavy (non-hydrogen) atoms. The van der Waals surface area contributed by atoms with Crippen LogP contribution in [0.4, 0.5) is 0 Å². The van der Waals surface area contributed by atoms with Gasteiger partial charge in [0.2, 0.25) is 0 Å². The molecule has 0 fully saturated rings. The van der Waals surface area contributed by atoms with E-state index in [9.17, 15) is 0 Å². The van der Waals surface area contributed by atoms with Crippen molar-refractivity contribution in [3.8, 4) is 17.6 Å². The van der Waals surface area contributed by atoms with E-state index < -0.39 is 0 Å². The van der Waals surface area contributed by atoms with E-state index in [0.717, 1.165) is 27.6 Å². The van der Waals surface area contributed by atoms with Crippen LogP contribution in [0, 0.1) is 11.8 Å². The number of hydrogen-bond acceptors (Lipinski definition) is 1. The van der Waals surface area contributed by atoms with Crippen LogP contribution < -0.4 is 4.74 Å². The third kappa shape index (κ3) is 3.21. The van der Waals surface area contributed by atoms with E-state index in [2.05, 4.69) is 71.6 Å². The van der Waals surface area contributed by atoms with Crippen LogP contribution in [0.2, 0.25) is 0 Å². The minimum absolute atomic E-state index is 0.0721. The van der Waals surface area contributed by atoms with Crippen molar-refractivity contribution in [3.05, 3.63) is 114 Å². The smallest absolute Gasteiger partial charge is 0.126 e. The second-order valence-corrected chi connectivity index (χ2v) is 7.26. The SMILES string of the molecule is COc1ccc(C(C#Cc2ccccc2)c2c[nH]c3ccccc23)c2ccccc12. The van der Waals surface area contributed by atoms with Crippen LogP contribution >= 0.6 is 0 Å². The molecule has 0 aliphatic heterocycles. The fourth-order valence-electron chi connectivity index (χ4n) is 4.06. The first-order chi connectivity index (χ1) is 14.8. The first-order valence-electron chi connectivity index (χ1n) is 10.0. The van der Waals surface area contributed by atoms with Crippen LogP contribution in [0.25, 0.3) is 21.7 Å². The van der Waals surface area contributed by atoms with E-state index in [1.807, 2.05) is 42.5 Å². The summed E-state index contributed by atoms with van der Waals surface area (Å²) in [6.45, 7) is 0. The van der Waals surface area contributed by atoms with Crippen LogP contribution in [0.5, 0.6) is 5.75 Å². The molecule has 0 aliphatic rings. The summed E-state index contributed by atoms with van der Waals surface area (Å²) in [6.07, 6.45) is 2.09. The molecule has 1 heterocycles. The molecule has 2 nitrogen and oxygen atoms in total. The van der Waals surface area contributed by atoms with E-state index in [-0.39, 0.29) is 5.92 Å². The topological polar surface area (TPSA) is 25.0 Å². The Kier molecular flexibility index (Phi) is 4.71. The number of methoxy groups -OCH3 is 1. The van der Waals surface area contributed by atoms with Crippen molar-refractivity contribution in [3.63, 3.8) is 0 Å². The maximum atomic E-state index is 5.61. The van der Waals surface area contributed by atoms with Crippen molar-refractivity contribution in [1.29, 1.82) is 0 Å². The largest absolute Gasteiger partial charge is 0.496 e. The van der Waals surface area contributed by atoms with Crippen LogP contribution in [-0.4, -0.2) is 12.1 Å². The van der Waals surface area contributed by atoms with Gasteiger partial charge in [-0.1, -0.05) is 78.6 Å². The zero-order valence-corrected chi connectivity index (χ0v) is 16.7. The highest BCUT2D eigenvalue weighted by Gasteiger charge is 2.19. The summed E-state index contributed by atoms with van der Waals surface area (Å²) in [6, 6.07) is 31.1. The number of aromatic nitrogens is 1.